The summed E-state index contributed by atoms with van der Waals surface area (Å²) in [5.74, 6) is 0. The molecule has 108 valence electrons. The van der Waals surface area contributed by atoms with Crippen molar-refractivity contribution in [2.75, 3.05) is 7.05 Å². The highest BCUT2D eigenvalue weighted by molar-refractivity contribution is 5.52. The maximum atomic E-state index is 2.32. The lowest BCUT2D eigenvalue weighted by molar-refractivity contribution is 0.386. The smallest absolute Gasteiger partial charge is 0.0723 e. The summed E-state index contributed by atoms with van der Waals surface area (Å²) in [4.78, 5) is 2.32. The van der Waals surface area contributed by atoms with Gasteiger partial charge in [-0.1, -0.05) is 54.1 Å². The van der Waals surface area contributed by atoms with E-state index in [-0.39, 0.29) is 0 Å². The molecule has 1 atom stereocenters. The minimum absolute atomic E-state index is 0.337. The molecule has 1 aromatic carbocycles. The van der Waals surface area contributed by atoms with E-state index in [9.17, 15) is 0 Å². The van der Waals surface area contributed by atoms with E-state index in [0.29, 0.717) is 6.04 Å². The third-order valence-corrected chi connectivity index (χ3v) is 4.49. The van der Waals surface area contributed by atoms with Gasteiger partial charge in [-0.25, -0.2) is 0 Å². The fourth-order valence-electron chi connectivity index (χ4n) is 3.19. The Balaban J connectivity index is 1.89. The predicted molar refractivity (Wildman–Crippen MR) is 90.0 cm³/mol. The van der Waals surface area contributed by atoms with Gasteiger partial charge in [0.25, 0.3) is 0 Å². The van der Waals surface area contributed by atoms with Crippen LogP contribution in [0.15, 0.2) is 71.5 Å². The lowest BCUT2D eigenvalue weighted by atomic mass is 9.90. The molecule has 1 aromatic rings. The fraction of sp³-hybridized carbons (Fsp3) is 0.300. The van der Waals surface area contributed by atoms with Gasteiger partial charge in [-0.2, -0.15) is 0 Å². The van der Waals surface area contributed by atoms with Gasteiger partial charge in [-0.15, -0.1) is 0 Å². The Morgan fingerprint density at radius 2 is 1.90 bits per heavy atom. The molecule has 3 rings (SSSR count). The zero-order chi connectivity index (χ0) is 14.8. The molecule has 1 unspecified atom stereocenters. The average molecular weight is 277 g/mol. The first-order valence-electron chi connectivity index (χ1n) is 7.71. The van der Waals surface area contributed by atoms with Crippen LogP contribution in [0.1, 0.15) is 36.9 Å². The van der Waals surface area contributed by atoms with Gasteiger partial charge in [0.2, 0.25) is 0 Å². The molecule has 0 aromatic heterocycles. The molecule has 0 saturated carbocycles. The molecule has 1 aliphatic heterocycles. The Labute approximate surface area is 128 Å². The number of nitrogens with zero attached hydrogens (tertiary/aromatic N) is 1. The lowest BCUT2D eigenvalue weighted by Crippen LogP contribution is -2.21. The number of allylic oxidation sites excluding steroid dienone is 6. The van der Waals surface area contributed by atoms with Crippen molar-refractivity contribution in [3.8, 4) is 0 Å². The molecular formula is C20H23N. The molecule has 0 saturated heterocycles. The summed E-state index contributed by atoms with van der Waals surface area (Å²) in [6.07, 6.45) is 13.8. The summed E-state index contributed by atoms with van der Waals surface area (Å²) in [7, 11) is 2.17. The van der Waals surface area contributed by atoms with Crippen LogP contribution in [0.2, 0.25) is 0 Å². The van der Waals surface area contributed by atoms with E-state index < -0.39 is 0 Å². The lowest BCUT2D eigenvalue weighted by Gasteiger charge is -2.30. The van der Waals surface area contributed by atoms with E-state index in [4.69, 9.17) is 0 Å². The van der Waals surface area contributed by atoms with Crippen LogP contribution in [0, 0.1) is 6.92 Å². The van der Waals surface area contributed by atoms with Gasteiger partial charge in [-0.3, -0.25) is 0 Å². The van der Waals surface area contributed by atoms with Gasteiger partial charge < -0.3 is 4.90 Å². The van der Waals surface area contributed by atoms with Crippen molar-refractivity contribution in [1.82, 2.24) is 4.90 Å². The van der Waals surface area contributed by atoms with Crippen LogP contribution in [0.3, 0.4) is 0 Å². The van der Waals surface area contributed by atoms with Crippen LogP contribution in [-0.2, 0) is 0 Å². The van der Waals surface area contributed by atoms with Crippen molar-refractivity contribution >= 4 is 0 Å². The van der Waals surface area contributed by atoms with Gasteiger partial charge in [0.05, 0.1) is 6.04 Å². The van der Waals surface area contributed by atoms with Crippen LogP contribution in [0.5, 0.6) is 0 Å². The number of rotatable bonds is 2. The van der Waals surface area contributed by atoms with Crippen molar-refractivity contribution in [2.24, 2.45) is 0 Å². The van der Waals surface area contributed by atoms with E-state index in [1.807, 2.05) is 0 Å². The summed E-state index contributed by atoms with van der Waals surface area (Å²) in [6.45, 7) is 4.44. The Hall–Kier alpha value is -2.02. The first-order valence-corrected chi connectivity index (χ1v) is 7.71. The quantitative estimate of drug-likeness (QED) is 0.728. The number of likely N-dealkylation sites (N-methyl/N-ethyl adjacent to an activating group) is 1. The maximum Gasteiger partial charge on any atom is 0.0723 e. The molecule has 2 aliphatic rings. The molecule has 0 radical (unpaired) electrons. The van der Waals surface area contributed by atoms with Crippen LogP contribution in [-0.4, -0.2) is 11.9 Å². The van der Waals surface area contributed by atoms with Gasteiger partial charge in [-0.05, 0) is 49.0 Å². The van der Waals surface area contributed by atoms with E-state index >= 15 is 0 Å². The zero-order valence-electron chi connectivity index (χ0n) is 13.1. The molecule has 0 spiro atoms. The number of hydrogen-bond acceptors (Lipinski definition) is 1. The summed E-state index contributed by atoms with van der Waals surface area (Å²) in [6, 6.07) is 8.98. The number of benzene rings is 1. The highest BCUT2D eigenvalue weighted by Gasteiger charge is 2.19. The molecule has 0 amide bonds. The van der Waals surface area contributed by atoms with E-state index in [0.717, 1.165) is 0 Å². The Bertz CT molecular complexity index is 658. The molecule has 21 heavy (non-hydrogen) atoms. The molecule has 1 nitrogen and oxygen atoms in total. The number of aryl methyl sites for hydroxylation is 1. The van der Waals surface area contributed by atoms with Crippen LogP contribution >= 0.6 is 0 Å². The molecule has 0 fully saturated rings. The molecular weight excluding hydrogens is 254 g/mol. The first-order chi connectivity index (χ1) is 10.2. The monoisotopic (exact) mass is 277 g/mol. The largest absolute Gasteiger partial charge is 0.369 e. The van der Waals surface area contributed by atoms with E-state index in [1.165, 1.54) is 40.7 Å². The summed E-state index contributed by atoms with van der Waals surface area (Å²) in [5, 5.41) is 0. The van der Waals surface area contributed by atoms with Crippen molar-refractivity contribution in [3.05, 3.63) is 82.6 Å². The van der Waals surface area contributed by atoms with E-state index in [2.05, 4.69) is 80.6 Å². The summed E-state index contributed by atoms with van der Waals surface area (Å²) < 4.78 is 0. The molecule has 1 aliphatic carbocycles. The van der Waals surface area contributed by atoms with Crippen LogP contribution < -0.4 is 0 Å². The van der Waals surface area contributed by atoms with Gasteiger partial charge in [0, 0.05) is 13.2 Å². The molecule has 0 bridgehead atoms. The molecule has 1 heteroatoms. The van der Waals surface area contributed by atoms with Crippen molar-refractivity contribution in [2.45, 2.75) is 32.7 Å². The van der Waals surface area contributed by atoms with Crippen molar-refractivity contribution in [1.29, 1.82) is 0 Å². The van der Waals surface area contributed by atoms with Gasteiger partial charge in [0.15, 0.2) is 0 Å². The van der Waals surface area contributed by atoms with Gasteiger partial charge in [0.1, 0.15) is 0 Å². The third-order valence-electron chi connectivity index (χ3n) is 4.49. The minimum atomic E-state index is 0.337. The van der Waals surface area contributed by atoms with Crippen LogP contribution in [0.4, 0.5) is 0 Å². The van der Waals surface area contributed by atoms with Crippen molar-refractivity contribution in [3.63, 3.8) is 0 Å². The Kier molecular flexibility index (Phi) is 3.83. The standard InChI is InChI=1S/C20H23N/c1-15-8-4-6-10-18(15)17-12-13-20(21(3)14-17)19-11-7-5-9-16(19)2/h5-7,9-14,20H,4,8H2,1-3H3. The first kappa shape index (κ1) is 13.9. The topological polar surface area (TPSA) is 3.24 Å². The van der Waals surface area contributed by atoms with Crippen LogP contribution in [0.25, 0.3) is 0 Å². The summed E-state index contributed by atoms with van der Waals surface area (Å²) in [5.41, 5.74) is 6.96. The zero-order valence-corrected chi connectivity index (χ0v) is 13.1. The Morgan fingerprint density at radius 1 is 1.10 bits per heavy atom. The van der Waals surface area contributed by atoms with Crippen molar-refractivity contribution < 1.29 is 0 Å². The van der Waals surface area contributed by atoms with E-state index in [1.54, 1.807) is 0 Å². The normalized spacial score (nSPS) is 21.8. The number of hydrogen-bond donors (Lipinski definition) is 0. The molecule has 0 N–H and O–H groups in total. The molecule has 1 heterocycles. The summed E-state index contributed by atoms with van der Waals surface area (Å²) >= 11 is 0. The third kappa shape index (κ3) is 2.73. The highest BCUT2D eigenvalue weighted by Crippen LogP contribution is 2.33. The maximum absolute atomic E-state index is 2.32. The second-order valence-corrected chi connectivity index (χ2v) is 6.05. The minimum Gasteiger partial charge on any atom is -0.369 e. The predicted octanol–water partition coefficient (Wildman–Crippen LogP) is 5.09. The highest BCUT2D eigenvalue weighted by atomic mass is 15.1. The SMILES string of the molecule is CC1=C(C2=CN(C)C(c3ccccc3C)C=C2)C=CCC1. The second-order valence-electron chi connectivity index (χ2n) is 6.05. The average Bonchev–Trinajstić information content (AvgIpc) is 2.49. The second kappa shape index (κ2) is 5.77. The fourth-order valence-corrected chi connectivity index (χ4v) is 3.19. The van der Waals surface area contributed by atoms with Gasteiger partial charge >= 0.3 is 0 Å². The Morgan fingerprint density at radius 3 is 2.62 bits per heavy atom.